The van der Waals surface area contributed by atoms with Gasteiger partial charge in [-0.2, -0.15) is 0 Å². The molecule has 208 valence electrons. The monoisotopic (exact) mass is 604 g/mol. The summed E-state index contributed by atoms with van der Waals surface area (Å²) in [6.07, 6.45) is 1.72. The van der Waals surface area contributed by atoms with Crippen molar-refractivity contribution in [3.63, 3.8) is 0 Å². The molecule has 4 atom stereocenters. The van der Waals surface area contributed by atoms with E-state index in [4.69, 9.17) is 14.3 Å². The van der Waals surface area contributed by atoms with Gasteiger partial charge < -0.3 is 24.3 Å². The van der Waals surface area contributed by atoms with Gasteiger partial charge >= 0.3 is 0 Å². The molecule has 7 nitrogen and oxygen atoms in total. The van der Waals surface area contributed by atoms with Crippen molar-refractivity contribution >= 4 is 27.5 Å². The molecule has 0 bridgehead atoms. The lowest BCUT2D eigenvalue weighted by molar-refractivity contribution is 0.0327. The summed E-state index contributed by atoms with van der Waals surface area (Å²) in [6.45, 7) is 2.85. The van der Waals surface area contributed by atoms with Gasteiger partial charge in [-0.05, 0) is 64.0 Å². The van der Waals surface area contributed by atoms with Gasteiger partial charge in [-0.25, -0.2) is 0 Å². The molecule has 1 aliphatic carbocycles. The molecule has 3 aliphatic rings. The van der Waals surface area contributed by atoms with Gasteiger partial charge in [0.1, 0.15) is 28.7 Å². The Balaban J connectivity index is 1.38. The zero-order valence-electron chi connectivity index (χ0n) is 22.7. The number of halogens is 1. The van der Waals surface area contributed by atoms with Crippen molar-refractivity contribution in [1.29, 1.82) is 0 Å². The van der Waals surface area contributed by atoms with Gasteiger partial charge in [0, 0.05) is 29.5 Å². The number of oxime groups is 1. The lowest BCUT2D eigenvalue weighted by Crippen LogP contribution is -2.53. The van der Waals surface area contributed by atoms with Gasteiger partial charge in [0.05, 0.1) is 25.5 Å². The number of carbonyl (C=O) groups excluding carboxylic acids is 1. The number of ether oxygens (including phenoxy) is 2. The van der Waals surface area contributed by atoms with Gasteiger partial charge in [0.2, 0.25) is 0 Å². The molecule has 1 N–H and O–H groups in total. The summed E-state index contributed by atoms with van der Waals surface area (Å²) < 4.78 is 13.2. The number of aliphatic hydroxyl groups is 1. The van der Waals surface area contributed by atoms with Crippen molar-refractivity contribution in [2.24, 2.45) is 11.1 Å². The number of rotatable bonds is 6. The fourth-order valence-electron chi connectivity index (χ4n) is 6.83. The van der Waals surface area contributed by atoms with Crippen LogP contribution in [0.15, 0.2) is 76.4 Å². The maximum atomic E-state index is 13.8. The molecule has 1 saturated carbocycles. The number of methoxy groups -OCH3 is 1. The molecule has 1 amide bonds. The van der Waals surface area contributed by atoms with Crippen LogP contribution in [0.3, 0.4) is 0 Å². The fraction of sp³-hybridized carbons (Fsp3) is 0.375. The van der Waals surface area contributed by atoms with Crippen molar-refractivity contribution in [2.45, 2.75) is 56.9 Å². The van der Waals surface area contributed by atoms with Gasteiger partial charge in [0.15, 0.2) is 0 Å². The van der Waals surface area contributed by atoms with Crippen LogP contribution in [0.5, 0.6) is 11.5 Å². The third-order valence-electron chi connectivity index (χ3n) is 8.75. The molecule has 6 rings (SSSR count). The SMILES string of the molecule is COc1cc2c3c(c1Br)O[C@@H]1CC(=NOCc4ccccc4)C[C@@H](C)[C@]31C[C@@H](CO)N(C(=O)c1ccccc1)C2. The van der Waals surface area contributed by atoms with E-state index in [0.29, 0.717) is 37.3 Å². The van der Waals surface area contributed by atoms with Gasteiger partial charge in [0.25, 0.3) is 5.91 Å². The number of amides is 1. The Hall–Kier alpha value is -3.36. The number of carbonyl (C=O) groups is 1. The normalized spacial score (nSPS) is 25.9. The quantitative estimate of drug-likeness (QED) is 0.356. The van der Waals surface area contributed by atoms with E-state index in [-0.39, 0.29) is 30.6 Å². The lowest BCUT2D eigenvalue weighted by atomic mass is 9.59. The Morgan fingerprint density at radius 2 is 1.88 bits per heavy atom. The number of hydrogen-bond acceptors (Lipinski definition) is 6. The first-order valence-corrected chi connectivity index (χ1v) is 14.5. The molecule has 2 heterocycles. The maximum Gasteiger partial charge on any atom is 0.254 e. The molecule has 8 heteroatoms. The summed E-state index contributed by atoms with van der Waals surface area (Å²) in [4.78, 5) is 21.4. The van der Waals surface area contributed by atoms with Crippen LogP contribution in [-0.4, -0.2) is 47.5 Å². The first-order chi connectivity index (χ1) is 19.5. The largest absolute Gasteiger partial charge is 0.495 e. The highest BCUT2D eigenvalue weighted by molar-refractivity contribution is 9.10. The first kappa shape index (κ1) is 26.8. The summed E-state index contributed by atoms with van der Waals surface area (Å²) in [6, 6.07) is 20.9. The van der Waals surface area contributed by atoms with Crippen molar-refractivity contribution in [3.05, 3.63) is 93.5 Å². The highest BCUT2D eigenvalue weighted by Crippen LogP contribution is 2.61. The molecular weight excluding hydrogens is 572 g/mol. The molecule has 40 heavy (non-hydrogen) atoms. The van der Waals surface area contributed by atoms with Crippen molar-refractivity contribution in [1.82, 2.24) is 4.90 Å². The third-order valence-corrected chi connectivity index (χ3v) is 9.50. The second-order valence-electron chi connectivity index (χ2n) is 11.0. The van der Waals surface area contributed by atoms with Gasteiger partial charge in [-0.1, -0.05) is 60.6 Å². The molecule has 1 fully saturated rings. The maximum absolute atomic E-state index is 13.8. The standard InChI is InChI=1S/C32H33BrN2O5/c1-20-13-24(34-39-19-21-9-5-3-6-10-21)15-27-32(20)16-25(18-36)35(31(37)22-11-7-4-8-12-22)17-23-14-26(38-2)29(33)30(40-27)28(23)32/h3-12,14,20,25,27,36H,13,15-19H2,1-2H3/t20-,25+,27-,32+/m1/s1. The first-order valence-electron chi connectivity index (χ1n) is 13.7. The summed E-state index contributed by atoms with van der Waals surface area (Å²) in [5.41, 5.74) is 4.33. The molecular formula is C32H33BrN2O5. The number of nitrogens with zero attached hydrogens (tertiary/aromatic N) is 2. The van der Waals surface area contributed by atoms with Crippen LogP contribution >= 0.6 is 15.9 Å². The van der Waals surface area contributed by atoms with E-state index >= 15 is 0 Å². The Morgan fingerprint density at radius 1 is 1.15 bits per heavy atom. The number of benzene rings is 3. The van der Waals surface area contributed by atoms with Crippen LogP contribution in [0.1, 0.15) is 53.2 Å². The van der Waals surface area contributed by atoms with Crippen LogP contribution in [0.4, 0.5) is 0 Å². The molecule has 1 spiro atoms. The summed E-state index contributed by atoms with van der Waals surface area (Å²) in [7, 11) is 1.63. The highest BCUT2D eigenvalue weighted by atomic mass is 79.9. The summed E-state index contributed by atoms with van der Waals surface area (Å²) in [5.74, 6) is 1.46. The molecule has 0 saturated heterocycles. The Kier molecular flexibility index (Phi) is 7.31. The summed E-state index contributed by atoms with van der Waals surface area (Å²) in [5, 5.41) is 15.2. The third kappa shape index (κ3) is 4.47. The van der Waals surface area contributed by atoms with E-state index < -0.39 is 5.41 Å². The fourth-order valence-corrected chi connectivity index (χ4v) is 7.39. The highest BCUT2D eigenvalue weighted by Gasteiger charge is 2.59. The minimum Gasteiger partial charge on any atom is -0.495 e. The predicted octanol–water partition coefficient (Wildman–Crippen LogP) is 5.87. The van der Waals surface area contributed by atoms with Crippen molar-refractivity contribution in [3.8, 4) is 11.5 Å². The van der Waals surface area contributed by atoms with E-state index in [1.807, 2.05) is 71.6 Å². The lowest BCUT2D eigenvalue weighted by Gasteiger charge is -2.45. The van der Waals surface area contributed by atoms with Crippen LogP contribution in [0, 0.1) is 5.92 Å². The molecule has 0 aromatic heterocycles. The second-order valence-corrected chi connectivity index (χ2v) is 11.8. The molecule has 3 aromatic carbocycles. The average molecular weight is 606 g/mol. The topological polar surface area (TPSA) is 80.6 Å². The van der Waals surface area contributed by atoms with Crippen LogP contribution in [-0.2, 0) is 23.4 Å². The van der Waals surface area contributed by atoms with E-state index in [0.717, 1.165) is 39.0 Å². The van der Waals surface area contributed by atoms with E-state index in [9.17, 15) is 9.90 Å². The van der Waals surface area contributed by atoms with E-state index in [2.05, 4.69) is 28.0 Å². The molecule has 0 radical (unpaired) electrons. The van der Waals surface area contributed by atoms with Gasteiger partial charge in [-0.3, -0.25) is 4.79 Å². The van der Waals surface area contributed by atoms with E-state index in [1.54, 1.807) is 7.11 Å². The Bertz CT molecular complexity index is 1430. The minimum atomic E-state index is -0.406. The van der Waals surface area contributed by atoms with Crippen molar-refractivity contribution in [2.75, 3.05) is 13.7 Å². The average Bonchev–Trinajstić information content (AvgIpc) is 3.24. The Morgan fingerprint density at radius 3 is 2.58 bits per heavy atom. The molecule has 3 aromatic rings. The van der Waals surface area contributed by atoms with Gasteiger partial charge in [-0.15, -0.1) is 0 Å². The Labute approximate surface area is 242 Å². The van der Waals surface area contributed by atoms with E-state index in [1.165, 1.54) is 0 Å². The molecule has 2 aliphatic heterocycles. The van der Waals surface area contributed by atoms with Crippen molar-refractivity contribution < 1.29 is 24.2 Å². The molecule has 0 unspecified atom stereocenters. The second kappa shape index (κ2) is 10.9. The van der Waals surface area contributed by atoms with Crippen LogP contribution in [0.25, 0.3) is 0 Å². The number of hydrogen-bond donors (Lipinski definition) is 1. The minimum absolute atomic E-state index is 0.0934. The zero-order valence-corrected chi connectivity index (χ0v) is 24.3. The zero-order chi connectivity index (χ0) is 27.9. The summed E-state index contributed by atoms with van der Waals surface area (Å²) >= 11 is 3.74. The van der Waals surface area contributed by atoms with Crippen LogP contribution < -0.4 is 9.47 Å². The number of aliphatic hydroxyl groups excluding tert-OH is 1. The predicted molar refractivity (Wildman–Crippen MR) is 156 cm³/mol. The van der Waals surface area contributed by atoms with Crippen LogP contribution in [0.2, 0.25) is 0 Å². The smallest absolute Gasteiger partial charge is 0.254 e.